The standard InChI is InChI=1S/C16H16BrClFNO/c1-10-5-13(17)7-12(8-20-2)16(10)21-9-11-3-4-14(18)15(19)6-11/h3-7,20H,8-9H2,1-2H3. The largest absolute Gasteiger partial charge is 0.488 e. The molecule has 2 aromatic carbocycles. The van der Waals surface area contributed by atoms with Crippen molar-refractivity contribution < 1.29 is 9.13 Å². The third-order valence-electron chi connectivity index (χ3n) is 3.05. The molecule has 0 saturated heterocycles. The van der Waals surface area contributed by atoms with Crippen LogP contribution in [-0.4, -0.2) is 7.05 Å². The highest BCUT2D eigenvalue weighted by atomic mass is 79.9. The van der Waals surface area contributed by atoms with Crippen LogP contribution < -0.4 is 10.1 Å². The second kappa shape index (κ2) is 7.25. The minimum atomic E-state index is -0.430. The number of ether oxygens (including phenoxy) is 1. The van der Waals surface area contributed by atoms with E-state index in [0.717, 1.165) is 26.9 Å². The highest BCUT2D eigenvalue weighted by molar-refractivity contribution is 9.10. The summed E-state index contributed by atoms with van der Waals surface area (Å²) in [4.78, 5) is 0. The van der Waals surface area contributed by atoms with Crippen LogP contribution in [0, 0.1) is 12.7 Å². The molecule has 0 aliphatic heterocycles. The first-order chi connectivity index (χ1) is 10.0. The van der Waals surface area contributed by atoms with Crippen molar-refractivity contribution in [1.29, 1.82) is 0 Å². The Morgan fingerprint density at radius 2 is 2.05 bits per heavy atom. The first-order valence-electron chi connectivity index (χ1n) is 6.51. The lowest BCUT2D eigenvalue weighted by atomic mass is 10.1. The van der Waals surface area contributed by atoms with E-state index >= 15 is 0 Å². The highest BCUT2D eigenvalue weighted by Crippen LogP contribution is 2.29. The molecule has 2 rings (SSSR count). The predicted molar refractivity (Wildman–Crippen MR) is 87.4 cm³/mol. The van der Waals surface area contributed by atoms with Crippen LogP contribution in [0.3, 0.4) is 0 Å². The molecule has 0 atom stereocenters. The average Bonchev–Trinajstić information content (AvgIpc) is 2.42. The number of hydrogen-bond acceptors (Lipinski definition) is 2. The normalized spacial score (nSPS) is 10.7. The summed E-state index contributed by atoms with van der Waals surface area (Å²) >= 11 is 9.16. The Labute approximate surface area is 137 Å². The molecule has 21 heavy (non-hydrogen) atoms. The highest BCUT2D eigenvalue weighted by Gasteiger charge is 2.10. The van der Waals surface area contributed by atoms with E-state index < -0.39 is 5.82 Å². The van der Waals surface area contributed by atoms with Gasteiger partial charge in [0.25, 0.3) is 0 Å². The molecule has 0 heterocycles. The Morgan fingerprint density at radius 3 is 2.71 bits per heavy atom. The maximum Gasteiger partial charge on any atom is 0.142 e. The van der Waals surface area contributed by atoms with E-state index in [4.69, 9.17) is 16.3 Å². The third-order valence-corrected chi connectivity index (χ3v) is 3.82. The molecule has 0 bridgehead atoms. The van der Waals surface area contributed by atoms with E-state index in [1.165, 1.54) is 6.07 Å². The summed E-state index contributed by atoms with van der Waals surface area (Å²) in [6.07, 6.45) is 0. The van der Waals surface area contributed by atoms with Crippen molar-refractivity contribution in [2.75, 3.05) is 7.05 Å². The van der Waals surface area contributed by atoms with Crippen molar-refractivity contribution in [2.24, 2.45) is 0 Å². The van der Waals surface area contributed by atoms with Crippen molar-refractivity contribution in [1.82, 2.24) is 5.32 Å². The summed E-state index contributed by atoms with van der Waals surface area (Å²) in [7, 11) is 1.88. The fraction of sp³-hybridized carbons (Fsp3) is 0.250. The average molecular weight is 373 g/mol. The molecule has 112 valence electrons. The van der Waals surface area contributed by atoms with E-state index in [2.05, 4.69) is 21.2 Å². The number of rotatable bonds is 5. The second-order valence-corrected chi connectivity index (χ2v) is 6.10. The smallest absolute Gasteiger partial charge is 0.142 e. The molecular weight excluding hydrogens is 357 g/mol. The zero-order valence-corrected chi connectivity index (χ0v) is 14.2. The van der Waals surface area contributed by atoms with Gasteiger partial charge in [-0.1, -0.05) is 33.6 Å². The zero-order chi connectivity index (χ0) is 15.4. The van der Waals surface area contributed by atoms with Gasteiger partial charge < -0.3 is 10.1 Å². The fourth-order valence-electron chi connectivity index (χ4n) is 2.11. The summed E-state index contributed by atoms with van der Waals surface area (Å²) in [5, 5.41) is 3.24. The molecule has 5 heteroatoms. The molecule has 2 aromatic rings. The molecule has 1 N–H and O–H groups in total. The summed E-state index contributed by atoms with van der Waals surface area (Å²) in [5.74, 6) is 0.392. The van der Waals surface area contributed by atoms with Gasteiger partial charge in [0.1, 0.15) is 18.2 Å². The van der Waals surface area contributed by atoms with Gasteiger partial charge in [0.15, 0.2) is 0 Å². The Bertz CT molecular complexity index is 648. The Morgan fingerprint density at radius 1 is 1.29 bits per heavy atom. The van der Waals surface area contributed by atoms with Gasteiger partial charge in [-0.25, -0.2) is 4.39 Å². The predicted octanol–water partition coefficient (Wildman–Crippen LogP) is 4.85. The van der Waals surface area contributed by atoms with Crippen molar-refractivity contribution >= 4 is 27.5 Å². The number of halogens is 3. The lowest BCUT2D eigenvalue weighted by Gasteiger charge is -2.15. The Hall–Kier alpha value is -1.10. The first kappa shape index (κ1) is 16.3. The van der Waals surface area contributed by atoms with E-state index in [0.29, 0.717) is 13.2 Å². The quantitative estimate of drug-likeness (QED) is 0.810. The topological polar surface area (TPSA) is 21.3 Å². The maximum atomic E-state index is 13.4. The number of nitrogens with one attached hydrogen (secondary N) is 1. The number of benzene rings is 2. The van der Waals surface area contributed by atoms with Crippen LogP contribution in [0.25, 0.3) is 0 Å². The van der Waals surface area contributed by atoms with Gasteiger partial charge in [0.05, 0.1) is 5.02 Å². The van der Waals surface area contributed by atoms with Crippen LogP contribution in [0.4, 0.5) is 4.39 Å². The summed E-state index contributed by atoms with van der Waals surface area (Å²) in [6, 6.07) is 8.71. The van der Waals surface area contributed by atoms with Crippen LogP contribution >= 0.6 is 27.5 Å². The first-order valence-corrected chi connectivity index (χ1v) is 7.68. The van der Waals surface area contributed by atoms with Crippen LogP contribution in [-0.2, 0) is 13.2 Å². The summed E-state index contributed by atoms with van der Waals surface area (Å²) < 4.78 is 20.3. The van der Waals surface area contributed by atoms with E-state index in [9.17, 15) is 4.39 Å². The van der Waals surface area contributed by atoms with Crippen LogP contribution in [0.2, 0.25) is 5.02 Å². The van der Waals surface area contributed by atoms with Crippen LogP contribution in [0.5, 0.6) is 5.75 Å². The van der Waals surface area contributed by atoms with Gasteiger partial charge in [-0.2, -0.15) is 0 Å². The number of aryl methyl sites for hydroxylation is 1. The molecule has 0 amide bonds. The molecule has 0 aromatic heterocycles. The van der Waals surface area contributed by atoms with Crippen LogP contribution in [0.1, 0.15) is 16.7 Å². The molecule has 2 nitrogen and oxygen atoms in total. The molecule has 0 aliphatic carbocycles. The van der Waals surface area contributed by atoms with Crippen molar-refractivity contribution in [3.05, 3.63) is 62.3 Å². The SMILES string of the molecule is CNCc1cc(Br)cc(C)c1OCc1ccc(Cl)c(F)c1. The third kappa shape index (κ3) is 4.19. The molecule has 0 fully saturated rings. The maximum absolute atomic E-state index is 13.4. The summed E-state index contributed by atoms with van der Waals surface area (Å²) in [6.45, 7) is 2.99. The van der Waals surface area contributed by atoms with E-state index in [1.54, 1.807) is 12.1 Å². The monoisotopic (exact) mass is 371 g/mol. The van der Waals surface area contributed by atoms with Crippen molar-refractivity contribution in [3.63, 3.8) is 0 Å². The van der Waals surface area contributed by atoms with Gasteiger partial charge in [0.2, 0.25) is 0 Å². The van der Waals surface area contributed by atoms with Crippen molar-refractivity contribution in [2.45, 2.75) is 20.1 Å². The molecular formula is C16H16BrClFNO. The van der Waals surface area contributed by atoms with Crippen molar-refractivity contribution in [3.8, 4) is 5.75 Å². The van der Waals surface area contributed by atoms with Gasteiger partial charge in [-0.05, 0) is 49.4 Å². The Kier molecular flexibility index (Phi) is 5.62. The molecule has 0 spiro atoms. The molecule has 0 unspecified atom stereocenters. The fourth-order valence-corrected chi connectivity index (χ4v) is 2.85. The molecule has 0 radical (unpaired) electrons. The number of hydrogen-bond donors (Lipinski definition) is 1. The lowest BCUT2D eigenvalue weighted by molar-refractivity contribution is 0.299. The Balaban J connectivity index is 2.20. The second-order valence-electron chi connectivity index (χ2n) is 4.78. The summed E-state index contributed by atoms with van der Waals surface area (Å²) in [5.41, 5.74) is 2.83. The van der Waals surface area contributed by atoms with E-state index in [1.807, 2.05) is 26.1 Å². The van der Waals surface area contributed by atoms with Gasteiger partial charge in [-0.15, -0.1) is 0 Å². The van der Waals surface area contributed by atoms with Gasteiger partial charge in [0, 0.05) is 16.6 Å². The lowest BCUT2D eigenvalue weighted by Crippen LogP contribution is -2.09. The zero-order valence-electron chi connectivity index (χ0n) is 11.8. The van der Waals surface area contributed by atoms with Gasteiger partial charge >= 0.3 is 0 Å². The van der Waals surface area contributed by atoms with E-state index in [-0.39, 0.29) is 5.02 Å². The molecule has 0 aliphatic rings. The van der Waals surface area contributed by atoms with Crippen LogP contribution in [0.15, 0.2) is 34.8 Å². The van der Waals surface area contributed by atoms with Gasteiger partial charge in [-0.3, -0.25) is 0 Å². The minimum Gasteiger partial charge on any atom is -0.488 e. The molecule has 0 saturated carbocycles. The minimum absolute atomic E-state index is 0.120.